The molecule has 4 heteroatoms. The second-order valence-electron chi connectivity index (χ2n) is 7.11. The molecule has 2 rings (SSSR count). The van der Waals surface area contributed by atoms with Crippen LogP contribution in [0.25, 0.3) is 0 Å². The first-order valence-electron chi connectivity index (χ1n) is 7.91. The molecule has 0 spiro atoms. The molecule has 1 aromatic carbocycles. The molecule has 22 heavy (non-hydrogen) atoms. The summed E-state index contributed by atoms with van der Waals surface area (Å²) >= 11 is 0. The maximum atomic E-state index is 12.1. The zero-order valence-electron chi connectivity index (χ0n) is 13.7. The second-order valence-corrected chi connectivity index (χ2v) is 7.11. The summed E-state index contributed by atoms with van der Waals surface area (Å²) in [6.07, 6.45) is 2.15. The van der Waals surface area contributed by atoms with Crippen molar-refractivity contribution in [3.63, 3.8) is 0 Å². The number of nitrogens with one attached hydrogen (secondary N) is 1. The first-order chi connectivity index (χ1) is 10.4. The van der Waals surface area contributed by atoms with E-state index in [4.69, 9.17) is 5.26 Å². The SMILES string of the molecule is CC(C)(C)C(=O)NC1CCCN(Cc2ccc(C#N)cc2)C1. The first-order valence-corrected chi connectivity index (χ1v) is 7.91. The van der Waals surface area contributed by atoms with Crippen LogP contribution in [0.15, 0.2) is 24.3 Å². The average Bonchev–Trinajstić information content (AvgIpc) is 2.47. The summed E-state index contributed by atoms with van der Waals surface area (Å²) in [7, 11) is 0. The molecule has 1 saturated heterocycles. The highest BCUT2D eigenvalue weighted by Crippen LogP contribution is 2.17. The fraction of sp³-hybridized carbons (Fsp3) is 0.556. The summed E-state index contributed by atoms with van der Waals surface area (Å²) in [4.78, 5) is 14.5. The molecule has 1 unspecified atom stereocenters. The number of carbonyl (C=O) groups excluding carboxylic acids is 1. The van der Waals surface area contributed by atoms with Crippen LogP contribution in [-0.2, 0) is 11.3 Å². The van der Waals surface area contributed by atoms with Crippen molar-refractivity contribution in [3.8, 4) is 6.07 Å². The Labute approximate surface area is 133 Å². The number of benzene rings is 1. The molecule has 1 fully saturated rings. The van der Waals surface area contributed by atoms with Crippen LogP contribution in [0.4, 0.5) is 0 Å². The van der Waals surface area contributed by atoms with Gasteiger partial charge in [-0.15, -0.1) is 0 Å². The standard InChI is InChI=1S/C18H25N3O/c1-18(2,3)17(22)20-16-5-4-10-21(13-16)12-15-8-6-14(11-19)7-9-15/h6-9,16H,4-5,10,12-13H2,1-3H3,(H,20,22). The van der Waals surface area contributed by atoms with Gasteiger partial charge in [-0.1, -0.05) is 32.9 Å². The van der Waals surface area contributed by atoms with E-state index < -0.39 is 0 Å². The Balaban J connectivity index is 1.90. The average molecular weight is 299 g/mol. The fourth-order valence-electron chi connectivity index (χ4n) is 2.66. The lowest BCUT2D eigenvalue weighted by Crippen LogP contribution is -2.50. The van der Waals surface area contributed by atoms with E-state index in [1.54, 1.807) is 0 Å². The van der Waals surface area contributed by atoms with Crippen LogP contribution in [-0.4, -0.2) is 29.9 Å². The van der Waals surface area contributed by atoms with E-state index in [0.29, 0.717) is 5.56 Å². The minimum atomic E-state index is -0.338. The summed E-state index contributed by atoms with van der Waals surface area (Å²) in [5, 5.41) is 12.0. The van der Waals surface area contributed by atoms with E-state index in [2.05, 4.69) is 16.3 Å². The molecule has 0 radical (unpaired) electrons. The summed E-state index contributed by atoms with van der Waals surface area (Å²) in [5.41, 5.74) is 1.56. The van der Waals surface area contributed by atoms with Gasteiger partial charge in [-0.25, -0.2) is 0 Å². The van der Waals surface area contributed by atoms with E-state index >= 15 is 0 Å². The highest BCUT2D eigenvalue weighted by Gasteiger charge is 2.26. The molecular formula is C18H25N3O. The number of rotatable bonds is 3. The smallest absolute Gasteiger partial charge is 0.225 e. The van der Waals surface area contributed by atoms with Gasteiger partial charge >= 0.3 is 0 Å². The highest BCUT2D eigenvalue weighted by atomic mass is 16.2. The van der Waals surface area contributed by atoms with Gasteiger partial charge in [-0.3, -0.25) is 9.69 Å². The largest absolute Gasteiger partial charge is 0.352 e. The van der Waals surface area contributed by atoms with Crippen LogP contribution in [0.5, 0.6) is 0 Å². The number of likely N-dealkylation sites (tertiary alicyclic amines) is 1. The molecule has 0 aliphatic carbocycles. The predicted molar refractivity (Wildman–Crippen MR) is 87.1 cm³/mol. The van der Waals surface area contributed by atoms with Crippen molar-refractivity contribution in [2.75, 3.05) is 13.1 Å². The molecule has 0 aromatic heterocycles. The van der Waals surface area contributed by atoms with Gasteiger partial charge in [0.05, 0.1) is 11.6 Å². The number of hydrogen-bond donors (Lipinski definition) is 1. The number of carbonyl (C=O) groups is 1. The third kappa shape index (κ3) is 4.57. The number of nitrogens with zero attached hydrogens (tertiary/aromatic N) is 2. The zero-order chi connectivity index (χ0) is 16.2. The molecule has 118 valence electrons. The molecule has 1 aliphatic heterocycles. The monoisotopic (exact) mass is 299 g/mol. The minimum absolute atomic E-state index is 0.123. The lowest BCUT2D eigenvalue weighted by molar-refractivity contribution is -0.129. The van der Waals surface area contributed by atoms with Gasteiger partial charge in [0.2, 0.25) is 5.91 Å². The molecule has 1 N–H and O–H groups in total. The summed E-state index contributed by atoms with van der Waals surface area (Å²) in [6.45, 7) is 8.65. The van der Waals surface area contributed by atoms with E-state index in [-0.39, 0.29) is 17.4 Å². The Morgan fingerprint density at radius 1 is 1.36 bits per heavy atom. The Bertz CT molecular complexity index is 551. The van der Waals surface area contributed by atoms with E-state index in [1.807, 2.05) is 45.0 Å². The number of nitriles is 1. The van der Waals surface area contributed by atoms with Crippen LogP contribution in [0.3, 0.4) is 0 Å². The third-order valence-corrected chi connectivity index (χ3v) is 4.01. The van der Waals surface area contributed by atoms with Crippen molar-refractivity contribution in [1.82, 2.24) is 10.2 Å². The van der Waals surface area contributed by atoms with Gasteiger partial charge in [-0.05, 0) is 37.1 Å². The van der Waals surface area contributed by atoms with Crippen molar-refractivity contribution in [2.45, 2.75) is 46.2 Å². The van der Waals surface area contributed by atoms with Gasteiger partial charge in [0.25, 0.3) is 0 Å². The fourth-order valence-corrected chi connectivity index (χ4v) is 2.66. The molecule has 1 aromatic rings. The molecule has 1 atom stereocenters. The molecule has 0 saturated carbocycles. The van der Waals surface area contributed by atoms with Gasteiger partial charge in [0, 0.05) is 24.5 Å². The Hall–Kier alpha value is -1.86. The highest BCUT2D eigenvalue weighted by molar-refractivity contribution is 5.81. The van der Waals surface area contributed by atoms with Crippen LogP contribution in [0.1, 0.15) is 44.7 Å². The van der Waals surface area contributed by atoms with Crippen molar-refractivity contribution >= 4 is 5.91 Å². The van der Waals surface area contributed by atoms with Gasteiger partial charge in [0.15, 0.2) is 0 Å². The van der Waals surface area contributed by atoms with Crippen molar-refractivity contribution in [2.24, 2.45) is 5.41 Å². The van der Waals surface area contributed by atoms with Gasteiger partial charge < -0.3 is 5.32 Å². The second kappa shape index (κ2) is 6.93. The maximum Gasteiger partial charge on any atom is 0.225 e. The quantitative estimate of drug-likeness (QED) is 0.933. The van der Waals surface area contributed by atoms with Crippen LogP contribution < -0.4 is 5.32 Å². The Morgan fingerprint density at radius 2 is 2.05 bits per heavy atom. The maximum absolute atomic E-state index is 12.1. The molecule has 4 nitrogen and oxygen atoms in total. The van der Waals surface area contributed by atoms with Crippen LogP contribution >= 0.6 is 0 Å². The zero-order valence-corrected chi connectivity index (χ0v) is 13.7. The van der Waals surface area contributed by atoms with E-state index in [9.17, 15) is 4.79 Å². The van der Waals surface area contributed by atoms with E-state index in [0.717, 1.165) is 32.5 Å². The molecule has 1 aliphatic rings. The van der Waals surface area contributed by atoms with Crippen LogP contribution in [0.2, 0.25) is 0 Å². The molecular weight excluding hydrogens is 274 g/mol. The van der Waals surface area contributed by atoms with Gasteiger partial charge in [-0.2, -0.15) is 5.26 Å². The summed E-state index contributed by atoms with van der Waals surface area (Å²) < 4.78 is 0. The Morgan fingerprint density at radius 3 is 2.64 bits per heavy atom. The van der Waals surface area contributed by atoms with E-state index in [1.165, 1.54) is 5.56 Å². The lowest BCUT2D eigenvalue weighted by Gasteiger charge is -2.34. The third-order valence-electron chi connectivity index (χ3n) is 4.01. The normalized spacial score (nSPS) is 19.5. The summed E-state index contributed by atoms with van der Waals surface area (Å²) in [5.74, 6) is 0.123. The predicted octanol–water partition coefficient (Wildman–Crippen LogP) is 2.68. The van der Waals surface area contributed by atoms with Crippen LogP contribution in [0, 0.1) is 16.7 Å². The van der Waals surface area contributed by atoms with Crippen molar-refractivity contribution in [1.29, 1.82) is 5.26 Å². The van der Waals surface area contributed by atoms with Crippen molar-refractivity contribution < 1.29 is 4.79 Å². The minimum Gasteiger partial charge on any atom is -0.352 e. The van der Waals surface area contributed by atoms with Gasteiger partial charge in [0.1, 0.15) is 0 Å². The number of amides is 1. The molecule has 1 heterocycles. The first kappa shape index (κ1) is 16.5. The summed E-state index contributed by atoms with van der Waals surface area (Å²) in [6, 6.07) is 10.1. The molecule has 1 amide bonds. The lowest BCUT2D eigenvalue weighted by atomic mass is 9.94. The van der Waals surface area contributed by atoms with Crippen molar-refractivity contribution in [3.05, 3.63) is 35.4 Å². The number of piperidine rings is 1. The topological polar surface area (TPSA) is 56.1 Å². The number of hydrogen-bond acceptors (Lipinski definition) is 3. The molecule has 0 bridgehead atoms. The Kier molecular flexibility index (Phi) is 5.20.